The number of fused-ring (bicyclic) bond motifs is 7. The fraction of sp³-hybridized carbons (Fsp3) is 0.0714. The van der Waals surface area contributed by atoms with Gasteiger partial charge in [0.15, 0.2) is 6.54 Å². The van der Waals surface area contributed by atoms with Crippen LogP contribution in [0.4, 0.5) is 0 Å². The van der Waals surface area contributed by atoms with E-state index in [-0.39, 0.29) is 0 Å². The number of nitrogens with zero attached hydrogens (tertiary/aromatic N) is 4. The zero-order chi connectivity index (χ0) is 12.4. The van der Waals surface area contributed by atoms with Crippen molar-refractivity contribution in [3.8, 4) is 11.5 Å². The maximum absolute atomic E-state index is 6.08. The van der Waals surface area contributed by atoms with Gasteiger partial charge in [0.2, 0.25) is 5.58 Å². The molecule has 0 unspecified atom stereocenters. The molecule has 0 saturated heterocycles. The van der Waals surface area contributed by atoms with E-state index in [2.05, 4.69) is 20.7 Å². The lowest BCUT2D eigenvalue weighted by molar-refractivity contribution is -0.649. The summed E-state index contributed by atoms with van der Waals surface area (Å²) in [5, 5.41) is 0. The van der Waals surface area contributed by atoms with Crippen molar-refractivity contribution in [2.24, 2.45) is 0 Å². The molecule has 90 valence electrons. The quantitative estimate of drug-likeness (QED) is 0.393. The largest absolute Gasteiger partial charge is 0.395 e. The molecule has 0 fully saturated rings. The number of aromatic nitrogens is 4. The van der Waals surface area contributed by atoms with Crippen LogP contribution in [0.25, 0.3) is 28.1 Å². The molecular weight excluding hydrogens is 240 g/mol. The van der Waals surface area contributed by atoms with Crippen LogP contribution in [0.5, 0.6) is 0 Å². The first kappa shape index (κ1) is 9.27. The molecule has 0 bridgehead atoms. The zero-order valence-electron chi connectivity index (χ0n) is 9.95. The number of pyridine rings is 1. The summed E-state index contributed by atoms with van der Waals surface area (Å²) in [6.45, 7) is 0.815. The predicted octanol–water partition coefficient (Wildman–Crippen LogP) is 1.79. The average molecular weight is 249 g/mol. The van der Waals surface area contributed by atoms with E-state index in [1.807, 2.05) is 22.7 Å². The molecular formula is C14H9N4O+. The van der Waals surface area contributed by atoms with Gasteiger partial charge in [-0.3, -0.25) is 9.38 Å². The highest BCUT2D eigenvalue weighted by atomic mass is 16.4. The van der Waals surface area contributed by atoms with E-state index in [0.717, 1.165) is 34.6 Å². The molecule has 1 aliphatic heterocycles. The van der Waals surface area contributed by atoms with E-state index in [1.165, 1.54) is 5.56 Å². The maximum atomic E-state index is 6.08. The SMILES string of the molecule is c1cc2c(cn1)C[n+]1c-2oc2c3ccncn3cc21. The second-order valence-electron chi connectivity index (χ2n) is 4.74. The standard InChI is InChI=1S/C14H9N4O/c1-3-15-5-9-6-18-12-7-17-8-16-4-2-11(17)13(12)19-14(18)10(1)9/h1-5,7-8H,6H2/q+1. The van der Waals surface area contributed by atoms with Crippen LogP contribution in [-0.2, 0) is 6.54 Å². The van der Waals surface area contributed by atoms with Gasteiger partial charge in [-0.1, -0.05) is 0 Å². The number of oxazole rings is 1. The summed E-state index contributed by atoms with van der Waals surface area (Å²) in [7, 11) is 0. The number of hydrogen-bond acceptors (Lipinski definition) is 3. The van der Waals surface area contributed by atoms with Gasteiger partial charge in [0.1, 0.15) is 0 Å². The fourth-order valence-corrected chi connectivity index (χ4v) is 2.84. The van der Waals surface area contributed by atoms with Gasteiger partial charge in [0, 0.05) is 18.6 Å². The summed E-state index contributed by atoms with van der Waals surface area (Å²) >= 11 is 0. The molecule has 0 spiro atoms. The van der Waals surface area contributed by atoms with Gasteiger partial charge < -0.3 is 4.42 Å². The van der Waals surface area contributed by atoms with Crippen LogP contribution in [0.15, 0.2) is 47.7 Å². The molecule has 0 aliphatic carbocycles. The Balaban J connectivity index is 1.93. The van der Waals surface area contributed by atoms with Gasteiger partial charge in [-0.2, -0.15) is 4.57 Å². The predicted molar refractivity (Wildman–Crippen MR) is 67.5 cm³/mol. The molecule has 5 heterocycles. The van der Waals surface area contributed by atoms with Crippen LogP contribution in [0.2, 0.25) is 0 Å². The van der Waals surface area contributed by atoms with Crippen molar-refractivity contribution in [1.29, 1.82) is 0 Å². The number of hydrogen-bond donors (Lipinski definition) is 0. The van der Waals surface area contributed by atoms with Crippen molar-refractivity contribution < 1.29 is 8.98 Å². The molecule has 5 nitrogen and oxygen atoms in total. The smallest absolute Gasteiger partial charge is 0.382 e. The Morgan fingerprint density at radius 1 is 1.21 bits per heavy atom. The zero-order valence-corrected chi connectivity index (χ0v) is 9.95. The van der Waals surface area contributed by atoms with E-state index < -0.39 is 0 Å². The lowest BCUT2D eigenvalue weighted by Crippen LogP contribution is -2.30. The Labute approximate surface area is 107 Å². The van der Waals surface area contributed by atoms with Crippen LogP contribution in [-0.4, -0.2) is 14.4 Å². The molecule has 1 aliphatic rings. The summed E-state index contributed by atoms with van der Waals surface area (Å²) in [6, 6.07) is 3.97. The summed E-state index contributed by atoms with van der Waals surface area (Å²) in [5.41, 5.74) is 5.40. The van der Waals surface area contributed by atoms with Crippen molar-refractivity contribution in [2.45, 2.75) is 6.54 Å². The molecule has 4 aromatic rings. The molecule has 0 amide bonds. The Hall–Kier alpha value is -2.69. The summed E-state index contributed by atoms with van der Waals surface area (Å²) in [6.07, 6.45) is 9.34. The molecule has 19 heavy (non-hydrogen) atoms. The molecule has 0 aromatic carbocycles. The summed E-state index contributed by atoms with van der Waals surface area (Å²) in [5.74, 6) is 0.918. The van der Waals surface area contributed by atoms with Crippen LogP contribution in [0.1, 0.15) is 5.56 Å². The second-order valence-corrected chi connectivity index (χ2v) is 4.74. The first-order valence-electron chi connectivity index (χ1n) is 6.12. The van der Waals surface area contributed by atoms with E-state index in [1.54, 1.807) is 18.7 Å². The molecule has 5 rings (SSSR count). The van der Waals surface area contributed by atoms with Gasteiger partial charge in [0.05, 0.1) is 29.2 Å². The lowest BCUT2D eigenvalue weighted by atomic mass is 10.2. The normalized spacial score (nSPS) is 13.1. The van der Waals surface area contributed by atoms with Gasteiger partial charge >= 0.3 is 5.89 Å². The topological polar surface area (TPSA) is 47.2 Å². The third-order valence-corrected chi connectivity index (χ3v) is 3.71. The summed E-state index contributed by atoms with van der Waals surface area (Å²) in [4.78, 5) is 8.29. The third kappa shape index (κ3) is 1.03. The van der Waals surface area contributed by atoms with Crippen LogP contribution < -0.4 is 4.57 Å². The minimum atomic E-state index is 0.815. The highest BCUT2D eigenvalue weighted by molar-refractivity contribution is 5.89. The average Bonchev–Trinajstić information content (AvgIpc) is 3.07. The van der Waals surface area contributed by atoms with Crippen LogP contribution in [0, 0.1) is 0 Å². The number of rotatable bonds is 0. The Morgan fingerprint density at radius 2 is 2.16 bits per heavy atom. The second kappa shape index (κ2) is 3.00. The van der Waals surface area contributed by atoms with Crippen molar-refractivity contribution in [2.75, 3.05) is 0 Å². The van der Waals surface area contributed by atoms with Gasteiger partial charge in [0.25, 0.3) is 5.52 Å². The molecule has 0 saturated carbocycles. The molecule has 5 heteroatoms. The highest BCUT2D eigenvalue weighted by Crippen LogP contribution is 2.32. The van der Waals surface area contributed by atoms with Crippen LogP contribution in [0.3, 0.4) is 0 Å². The van der Waals surface area contributed by atoms with Crippen LogP contribution >= 0.6 is 0 Å². The first-order valence-corrected chi connectivity index (χ1v) is 6.12. The van der Waals surface area contributed by atoms with E-state index in [9.17, 15) is 0 Å². The third-order valence-electron chi connectivity index (χ3n) is 3.71. The monoisotopic (exact) mass is 249 g/mol. The van der Waals surface area contributed by atoms with Crippen molar-refractivity contribution >= 4 is 16.6 Å². The van der Waals surface area contributed by atoms with Gasteiger partial charge in [-0.15, -0.1) is 0 Å². The van der Waals surface area contributed by atoms with Gasteiger partial charge in [-0.25, -0.2) is 4.98 Å². The Bertz CT molecular complexity index is 951. The molecule has 0 radical (unpaired) electrons. The van der Waals surface area contributed by atoms with Crippen molar-refractivity contribution in [1.82, 2.24) is 14.4 Å². The fourth-order valence-electron chi connectivity index (χ4n) is 2.84. The molecule has 0 N–H and O–H groups in total. The van der Waals surface area contributed by atoms with E-state index in [0.29, 0.717) is 0 Å². The van der Waals surface area contributed by atoms with E-state index in [4.69, 9.17) is 4.42 Å². The maximum Gasteiger partial charge on any atom is 0.382 e. The Morgan fingerprint density at radius 3 is 3.16 bits per heavy atom. The molecule has 4 aromatic heterocycles. The van der Waals surface area contributed by atoms with Gasteiger partial charge in [-0.05, 0) is 12.1 Å². The lowest BCUT2D eigenvalue weighted by Gasteiger charge is -1.90. The van der Waals surface area contributed by atoms with E-state index >= 15 is 0 Å². The highest BCUT2D eigenvalue weighted by Gasteiger charge is 2.35. The molecule has 0 atom stereocenters. The Kier molecular flexibility index (Phi) is 1.46. The van der Waals surface area contributed by atoms with Crippen molar-refractivity contribution in [3.63, 3.8) is 0 Å². The summed E-state index contributed by atoms with van der Waals surface area (Å²) < 4.78 is 10.3. The van der Waals surface area contributed by atoms with Crippen molar-refractivity contribution in [3.05, 3.63) is 48.8 Å². The minimum Gasteiger partial charge on any atom is -0.395 e. The first-order chi connectivity index (χ1) is 9.42. The minimum absolute atomic E-state index is 0.815.